The molecular weight excluding hydrogens is 276 g/mol. The van der Waals surface area contributed by atoms with Crippen LogP contribution in [0.5, 0.6) is 5.75 Å². The Bertz CT molecular complexity index is 556. The van der Waals surface area contributed by atoms with Gasteiger partial charge >= 0.3 is 0 Å². The average molecular weight is 304 g/mol. The predicted molar refractivity (Wildman–Crippen MR) is 94.8 cm³/mol. The lowest BCUT2D eigenvalue weighted by Gasteiger charge is -2.07. The van der Waals surface area contributed by atoms with E-state index in [4.69, 9.17) is 4.74 Å². The Kier molecular flexibility index (Phi) is 6.56. The van der Waals surface area contributed by atoms with Crippen molar-refractivity contribution < 1.29 is 4.74 Å². The number of hydrogen-bond acceptors (Lipinski definition) is 2. The first-order valence-corrected chi connectivity index (χ1v) is 9.20. The maximum Gasteiger partial charge on any atom is 0.140 e. The molecule has 116 valence electrons. The molecule has 2 rings (SSSR count). The third-order valence-electron chi connectivity index (χ3n) is 4.09. The SMILES string of the molecule is CCCCCc1sc2cccc(CCCCC)c2c1OC. The van der Waals surface area contributed by atoms with Gasteiger partial charge in [0.1, 0.15) is 5.75 Å². The molecule has 21 heavy (non-hydrogen) atoms. The monoisotopic (exact) mass is 304 g/mol. The van der Waals surface area contributed by atoms with Crippen molar-refractivity contribution in [3.05, 3.63) is 28.6 Å². The summed E-state index contributed by atoms with van der Waals surface area (Å²) in [5, 5.41) is 1.38. The molecule has 0 spiro atoms. The minimum atomic E-state index is 1.15. The summed E-state index contributed by atoms with van der Waals surface area (Å²) >= 11 is 1.93. The van der Waals surface area contributed by atoms with Gasteiger partial charge in [-0.25, -0.2) is 0 Å². The zero-order valence-corrected chi connectivity index (χ0v) is 14.5. The van der Waals surface area contributed by atoms with Gasteiger partial charge in [0.2, 0.25) is 0 Å². The molecule has 2 aromatic rings. The molecule has 0 bridgehead atoms. The van der Waals surface area contributed by atoms with E-state index in [0.29, 0.717) is 0 Å². The number of rotatable bonds is 9. The van der Waals surface area contributed by atoms with Gasteiger partial charge in [-0.15, -0.1) is 11.3 Å². The quantitative estimate of drug-likeness (QED) is 0.489. The van der Waals surface area contributed by atoms with Gasteiger partial charge in [0.05, 0.1) is 7.11 Å². The number of hydrogen-bond donors (Lipinski definition) is 0. The van der Waals surface area contributed by atoms with Gasteiger partial charge in [0.15, 0.2) is 0 Å². The predicted octanol–water partition coefficient (Wildman–Crippen LogP) is 6.38. The summed E-state index contributed by atoms with van der Waals surface area (Å²) in [5.74, 6) is 1.15. The molecule has 1 aromatic carbocycles. The van der Waals surface area contributed by atoms with Crippen molar-refractivity contribution >= 4 is 21.4 Å². The number of unbranched alkanes of at least 4 members (excludes halogenated alkanes) is 4. The third kappa shape index (κ3) is 4.00. The molecule has 0 aliphatic carbocycles. The van der Waals surface area contributed by atoms with Crippen LogP contribution < -0.4 is 4.74 Å². The van der Waals surface area contributed by atoms with E-state index in [2.05, 4.69) is 32.0 Å². The third-order valence-corrected chi connectivity index (χ3v) is 5.28. The molecule has 2 heteroatoms. The molecule has 1 nitrogen and oxygen atoms in total. The van der Waals surface area contributed by atoms with Gasteiger partial charge in [-0.3, -0.25) is 0 Å². The van der Waals surface area contributed by atoms with Crippen molar-refractivity contribution in [2.24, 2.45) is 0 Å². The molecule has 0 radical (unpaired) electrons. The van der Waals surface area contributed by atoms with Crippen LogP contribution in [0.3, 0.4) is 0 Å². The number of thiophene rings is 1. The number of benzene rings is 1. The minimum absolute atomic E-state index is 1.15. The average Bonchev–Trinajstić information content (AvgIpc) is 2.86. The number of fused-ring (bicyclic) bond motifs is 1. The first-order valence-electron chi connectivity index (χ1n) is 8.39. The second-order valence-corrected chi connectivity index (χ2v) is 6.90. The smallest absolute Gasteiger partial charge is 0.140 e. The molecule has 0 atom stereocenters. The van der Waals surface area contributed by atoms with Gasteiger partial charge in [0.25, 0.3) is 0 Å². The normalized spacial score (nSPS) is 11.2. The van der Waals surface area contributed by atoms with Crippen molar-refractivity contribution in [3.8, 4) is 5.75 Å². The summed E-state index contributed by atoms with van der Waals surface area (Å²) in [5.41, 5.74) is 1.47. The van der Waals surface area contributed by atoms with Gasteiger partial charge in [0, 0.05) is 15.0 Å². The van der Waals surface area contributed by atoms with E-state index < -0.39 is 0 Å². The lowest BCUT2D eigenvalue weighted by Crippen LogP contribution is -1.91. The molecule has 0 saturated carbocycles. The highest BCUT2D eigenvalue weighted by Crippen LogP contribution is 2.41. The second kappa shape index (κ2) is 8.43. The van der Waals surface area contributed by atoms with Crippen LogP contribution in [0.4, 0.5) is 0 Å². The van der Waals surface area contributed by atoms with E-state index in [1.807, 2.05) is 18.4 Å². The Balaban J connectivity index is 2.28. The van der Waals surface area contributed by atoms with E-state index in [1.54, 1.807) is 0 Å². The van der Waals surface area contributed by atoms with Crippen molar-refractivity contribution in [3.63, 3.8) is 0 Å². The van der Waals surface area contributed by atoms with E-state index in [-0.39, 0.29) is 0 Å². The molecule has 0 aliphatic rings. The number of aryl methyl sites for hydroxylation is 2. The van der Waals surface area contributed by atoms with Crippen LogP contribution in [0.2, 0.25) is 0 Å². The number of ether oxygens (including phenoxy) is 1. The number of methoxy groups -OCH3 is 1. The highest BCUT2D eigenvalue weighted by molar-refractivity contribution is 7.19. The highest BCUT2D eigenvalue weighted by atomic mass is 32.1. The van der Waals surface area contributed by atoms with Gasteiger partial charge in [-0.1, -0.05) is 51.7 Å². The Morgan fingerprint density at radius 3 is 2.33 bits per heavy atom. The van der Waals surface area contributed by atoms with Crippen LogP contribution in [0.25, 0.3) is 10.1 Å². The fourth-order valence-corrected chi connectivity index (χ4v) is 4.19. The van der Waals surface area contributed by atoms with Crippen LogP contribution in [0.15, 0.2) is 18.2 Å². The molecule has 0 saturated heterocycles. The summed E-state index contributed by atoms with van der Waals surface area (Å²) < 4.78 is 7.18. The van der Waals surface area contributed by atoms with Crippen molar-refractivity contribution in [1.82, 2.24) is 0 Å². The zero-order chi connectivity index (χ0) is 15.1. The lowest BCUT2D eigenvalue weighted by molar-refractivity contribution is 0.416. The summed E-state index contributed by atoms with van der Waals surface area (Å²) in [6.45, 7) is 4.52. The molecule has 0 amide bonds. The fourth-order valence-electron chi connectivity index (χ4n) is 2.93. The van der Waals surface area contributed by atoms with Crippen molar-refractivity contribution in [2.75, 3.05) is 7.11 Å². The van der Waals surface area contributed by atoms with Crippen LogP contribution in [0.1, 0.15) is 62.8 Å². The fraction of sp³-hybridized carbons (Fsp3) is 0.579. The Morgan fingerprint density at radius 1 is 0.952 bits per heavy atom. The van der Waals surface area contributed by atoms with Gasteiger partial charge in [-0.05, 0) is 37.3 Å². The Hall–Kier alpha value is -1.02. The molecule has 1 heterocycles. The second-order valence-electron chi connectivity index (χ2n) is 5.76. The molecule has 0 N–H and O–H groups in total. The first kappa shape index (κ1) is 16.4. The van der Waals surface area contributed by atoms with E-state index in [0.717, 1.165) is 12.2 Å². The van der Waals surface area contributed by atoms with Crippen LogP contribution >= 0.6 is 11.3 Å². The van der Waals surface area contributed by atoms with Gasteiger partial charge in [-0.2, -0.15) is 0 Å². The van der Waals surface area contributed by atoms with Gasteiger partial charge < -0.3 is 4.74 Å². The minimum Gasteiger partial charge on any atom is -0.495 e. The molecule has 0 aliphatic heterocycles. The van der Waals surface area contributed by atoms with Crippen molar-refractivity contribution in [1.29, 1.82) is 0 Å². The lowest BCUT2D eigenvalue weighted by atomic mass is 10.0. The molecular formula is C19H28OS. The van der Waals surface area contributed by atoms with E-state index in [9.17, 15) is 0 Å². The maximum absolute atomic E-state index is 5.79. The largest absolute Gasteiger partial charge is 0.495 e. The van der Waals surface area contributed by atoms with Crippen LogP contribution in [-0.2, 0) is 12.8 Å². The zero-order valence-electron chi connectivity index (χ0n) is 13.7. The maximum atomic E-state index is 5.79. The molecule has 1 aromatic heterocycles. The first-order chi connectivity index (χ1) is 10.3. The molecule has 0 fully saturated rings. The molecule has 0 unspecified atom stereocenters. The topological polar surface area (TPSA) is 9.23 Å². The summed E-state index contributed by atoms with van der Waals surface area (Å²) in [7, 11) is 1.83. The highest BCUT2D eigenvalue weighted by Gasteiger charge is 2.15. The Labute approximate surface area is 133 Å². The summed E-state index contributed by atoms with van der Waals surface area (Å²) in [4.78, 5) is 1.43. The van der Waals surface area contributed by atoms with Crippen molar-refractivity contribution in [2.45, 2.75) is 65.2 Å². The summed E-state index contributed by atoms with van der Waals surface area (Å²) in [6.07, 6.45) is 10.0. The van der Waals surface area contributed by atoms with Crippen LogP contribution in [-0.4, -0.2) is 7.11 Å². The standard InChI is InChI=1S/C19H28OS/c1-4-6-8-11-15-12-10-14-16-18(15)19(20-3)17(21-16)13-9-7-5-2/h10,12,14H,4-9,11,13H2,1-3H3. The summed E-state index contributed by atoms with van der Waals surface area (Å²) in [6, 6.07) is 6.73. The Morgan fingerprint density at radius 2 is 1.67 bits per heavy atom. The van der Waals surface area contributed by atoms with Crippen LogP contribution in [0, 0.1) is 0 Å². The van der Waals surface area contributed by atoms with E-state index >= 15 is 0 Å². The van der Waals surface area contributed by atoms with E-state index in [1.165, 1.54) is 65.5 Å².